The minimum atomic E-state index is -4.67. The SMILES string of the molecule is CC(C)(C)c1ccc2c(c1)CC(c1cccc(OC(F)(F)F)c1)N2. The van der Waals surface area contributed by atoms with Gasteiger partial charge in [-0.3, -0.25) is 0 Å². The molecule has 24 heavy (non-hydrogen) atoms. The van der Waals surface area contributed by atoms with E-state index in [1.165, 1.54) is 23.3 Å². The quantitative estimate of drug-likeness (QED) is 0.772. The topological polar surface area (TPSA) is 21.3 Å². The molecule has 0 aromatic heterocycles. The molecule has 0 amide bonds. The lowest BCUT2D eigenvalue weighted by Gasteiger charge is -2.19. The molecule has 1 aliphatic rings. The molecule has 1 N–H and O–H groups in total. The number of halogens is 3. The fourth-order valence-corrected chi connectivity index (χ4v) is 2.96. The maximum Gasteiger partial charge on any atom is 0.573 e. The molecule has 0 fully saturated rings. The largest absolute Gasteiger partial charge is 0.573 e. The zero-order valence-corrected chi connectivity index (χ0v) is 13.9. The molecule has 0 aliphatic carbocycles. The normalized spacial score (nSPS) is 17.3. The third-order valence-electron chi connectivity index (χ3n) is 4.22. The van der Waals surface area contributed by atoms with Gasteiger partial charge >= 0.3 is 6.36 Å². The molecule has 128 valence electrons. The Morgan fingerprint density at radius 2 is 1.79 bits per heavy atom. The van der Waals surface area contributed by atoms with Crippen molar-refractivity contribution in [1.82, 2.24) is 0 Å². The monoisotopic (exact) mass is 335 g/mol. The molecule has 1 heterocycles. The molecule has 0 saturated heterocycles. The number of benzene rings is 2. The predicted octanol–water partition coefficient (Wildman–Crippen LogP) is 5.59. The number of fused-ring (bicyclic) bond motifs is 1. The Balaban J connectivity index is 1.82. The third-order valence-corrected chi connectivity index (χ3v) is 4.22. The van der Waals surface area contributed by atoms with Crippen molar-refractivity contribution < 1.29 is 17.9 Å². The van der Waals surface area contributed by atoms with Gasteiger partial charge in [0.25, 0.3) is 0 Å². The smallest absolute Gasteiger partial charge is 0.406 e. The lowest BCUT2D eigenvalue weighted by atomic mass is 9.85. The van der Waals surface area contributed by atoms with Gasteiger partial charge in [0.15, 0.2) is 0 Å². The van der Waals surface area contributed by atoms with Crippen molar-refractivity contribution in [2.45, 2.75) is 45.0 Å². The maximum atomic E-state index is 12.4. The number of ether oxygens (including phenoxy) is 1. The first kappa shape index (κ1) is 16.7. The van der Waals surface area contributed by atoms with Crippen molar-refractivity contribution in [2.24, 2.45) is 0 Å². The Morgan fingerprint density at radius 3 is 2.46 bits per heavy atom. The lowest BCUT2D eigenvalue weighted by molar-refractivity contribution is -0.274. The van der Waals surface area contributed by atoms with Gasteiger partial charge in [-0.1, -0.05) is 45.0 Å². The van der Waals surface area contributed by atoms with Crippen molar-refractivity contribution in [1.29, 1.82) is 0 Å². The third kappa shape index (κ3) is 3.66. The van der Waals surface area contributed by atoms with Gasteiger partial charge < -0.3 is 10.1 Å². The maximum absolute atomic E-state index is 12.4. The summed E-state index contributed by atoms with van der Waals surface area (Å²) in [6.45, 7) is 6.48. The fourth-order valence-electron chi connectivity index (χ4n) is 2.96. The van der Waals surface area contributed by atoms with Crippen LogP contribution in [0.2, 0.25) is 0 Å². The molecular weight excluding hydrogens is 315 g/mol. The molecule has 2 aromatic carbocycles. The lowest BCUT2D eigenvalue weighted by Crippen LogP contribution is -2.17. The number of nitrogens with one attached hydrogen (secondary N) is 1. The van der Waals surface area contributed by atoms with Crippen molar-refractivity contribution in [2.75, 3.05) is 5.32 Å². The average molecular weight is 335 g/mol. The summed E-state index contributed by atoms with van der Waals surface area (Å²) in [6.07, 6.45) is -3.93. The van der Waals surface area contributed by atoms with Gasteiger partial charge in [-0.05, 0) is 46.7 Å². The van der Waals surface area contributed by atoms with Crippen LogP contribution in [0.3, 0.4) is 0 Å². The predicted molar refractivity (Wildman–Crippen MR) is 88.3 cm³/mol. The van der Waals surface area contributed by atoms with E-state index in [-0.39, 0.29) is 17.2 Å². The summed E-state index contributed by atoms with van der Waals surface area (Å²) in [5.74, 6) is -0.187. The molecule has 0 saturated carbocycles. The van der Waals surface area contributed by atoms with Crippen LogP contribution < -0.4 is 10.1 Å². The summed E-state index contributed by atoms with van der Waals surface area (Å²) in [6, 6.07) is 12.4. The highest BCUT2D eigenvalue weighted by Crippen LogP contribution is 2.38. The second-order valence-electron chi connectivity index (χ2n) is 7.14. The summed E-state index contributed by atoms with van der Waals surface area (Å²) < 4.78 is 41.2. The highest BCUT2D eigenvalue weighted by atomic mass is 19.4. The van der Waals surface area contributed by atoms with E-state index in [1.807, 2.05) is 12.1 Å². The second kappa shape index (κ2) is 5.72. The Labute approximate surface area is 139 Å². The van der Waals surface area contributed by atoms with E-state index in [9.17, 15) is 13.2 Å². The molecule has 2 nitrogen and oxygen atoms in total. The van der Waals surface area contributed by atoms with Crippen LogP contribution in [0.15, 0.2) is 42.5 Å². The van der Waals surface area contributed by atoms with Crippen molar-refractivity contribution in [3.8, 4) is 5.75 Å². The molecular formula is C19H20F3NO. The van der Waals surface area contributed by atoms with Crippen molar-refractivity contribution in [3.63, 3.8) is 0 Å². The first-order chi connectivity index (χ1) is 11.1. The highest BCUT2D eigenvalue weighted by Gasteiger charge is 2.31. The van der Waals surface area contributed by atoms with Crippen LogP contribution in [0.5, 0.6) is 5.75 Å². The number of hydrogen-bond donors (Lipinski definition) is 1. The molecule has 1 atom stereocenters. The van der Waals surface area contributed by atoms with E-state index in [0.29, 0.717) is 0 Å². The van der Waals surface area contributed by atoms with E-state index in [4.69, 9.17) is 0 Å². The Kier molecular flexibility index (Phi) is 3.98. The minimum absolute atomic E-state index is 0.0491. The Bertz CT molecular complexity index is 747. The highest BCUT2D eigenvalue weighted by molar-refractivity contribution is 5.60. The number of anilines is 1. The van der Waals surface area contributed by atoms with Gasteiger partial charge in [0.1, 0.15) is 5.75 Å². The average Bonchev–Trinajstić information content (AvgIpc) is 2.87. The summed E-state index contributed by atoms with van der Waals surface area (Å²) in [4.78, 5) is 0. The molecule has 1 aliphatic heterocycles. The summed E-state index contributed by atoms with van der Waals surface area (Å²) in [5.41, 5.74) is 4.32. The first-order valence-corrected chi connectivity index (χ1v) is 7.87. The van der Waals surface area contributed by atoms with Crippen LogP contribution in [0.4, 0.5) is 18.9 Å². The van der Waals surface area contributed by atoms with Gasteiger partial charge in [-0.25, -0.2) is 0 Å². The number of rotatable bonds is 2. The van der Waals surface area contributed by atoms with Gasteiger partial charge in [-0.2, -0.15) is 0 Å². The van der Waals surface area contributed by atoms with Crippen LogP contribution >= 0.6 is 0 Å². The summed E-state index contributed by atoms with van der Waals surface area (Å²) in [7, 11) is 0. The molecule has 0 spiro atoms. The van der Waals surface area contributed by atoms with Crippen LogP contribution in [-0.2, 0) is 11.8 Å². The van der Waals surface area contributed by atoms with Crippen molar-refractivity contribution >= 4 is 5.69 Å². The summed E-state index contributed by atoms with van der Waals surface area (Å²) >= 11 is 0. The van der Waals surface area contributed by atoms with E-state index < -0.39 is 6.36 Å². The van der Waals surface area contributed by atoms with Crippen LogP contribution in [0.25, 0.3) is 0 Å². The fraction of sp³-hybridized carbons (Fsp3) is 0.368. The Hall–Kier alpha value is -2.17. The van der Waals surface area contributed by atoms with Gasteiger partial charge in [0.2, 0.25) is 0 Å². The first-order valence-electron chi connectivity index (χ1n) is 7.87. The second-order valence-corrected chi connectivity index (χ2v) is 7.14. The number of hydrogen-bond acceptors (Lipinski definition) is 2. The van der Waals surface area contributed by atoms with Crippen LogP contribution in [0, 0.1) is 0 Å². The van der Waals surface area contributed by atoms with E-state index >= 15 is 0 Å². The number of alkyl halides is 3. The van der Waals surface area contributed by atoms with Gasteiger partial charge in [0, 0.05) is 5.69 Å². The molecule has 1 unspecified atom stereocenters. The molecule has 0 radical (unpaired) electrons. The summed E-state index contributed by atoms with van der Waals surface area (Å²) in [5, 5.41) is 3.38. The van der Waals surface area contributed by atoms with Gasteiger partial charge in [-0.15, -0.1) is 13.2 Å². The molecule has 0 bridgehead atoms. The van der Waals surface area contributed by atoms with Crippen LogP contribution in [0.1, 0.15) is 43.5 Å². The zero-order chi connectivity index (χ0) is 17.5. The van der Waals surface area contributed by atoms with Gasteiger partial charge in [0.05, 0.1) is 6.04 Å². The standard InChI is InChI=1S/C19H20F3NO/c1-18(2,3)14-7-8-16-13(9-14)11-17(23-16)12-5-4-6-15(10-12)24-19(20,21)22/h4-10,17,23H,11H2,1-3H3. The minimum Gasteiger partial charge on any atom is -0.406 e. The molecule has 3 rings (SSSR count). The van der Waals surface area contributed by atoms with Crippen LogP contribution in [-0.4, -0.2) is 6.36 Å². The van der Waals surface area contributed by atoms with E-state index in [0.717, 1.165) is 17.7 Å². The zero-order valence-electron chi connectivity index (χ0n) is 13.9. The van der Waals surface area contributed by atoms with Crippen molar-refractivity contribution in [3.05, 3.63) is 59.2 Å². The molecule has 5 heteroatoms. The molecule has 2 aromatic rings. The van der Waals surface area contributed by atoms with E-state index in [1.54, 1.807) is 6.07 Å². The van der Waals surface area contributed by atoms with E-state index in [2.05, 4.69) is 43.0 Å². The Morgan fingerprint density at radius 1 is 1.04 bits per heavy atom.